The molecule has 0 saturated carbocycles. The van der Waals surface area contributed by atoms with Gasteiger partial charge in [0.05, 0.1) is 13.1 Å². The van der Waals surface area contributed by atoms with Crippen LogP contribution in [-0.2, 0) is 13.0 Å². The molecule has 2 heterocycles. The maximum atomic E-state index is 12.0. The van der Waals surface area contributed by atoms with E-state index in [0.29, 0.717) is 18.8 Å². The van der Waals surface area contributed by atoms with Crippen molar-refractivity contribution in [2.24, 2.45) is 5.73 Å². The summed E-state index contributed by atoms with van der Waals surface area (Å²) in [6, 6.07) is 3.40. The van der Waals surface area contributed by atoms with Crippen LogP contribution in [0.2, 0.25) is 0 Å². The van der Waals surface area contributed by atoms with E-state index in [1.165, 1.54) is 4.88 Å². The molecule has 0 radical (unpaired) electrons. The number of carbonyl (C=O) groups is 1. The second-order valence-corrected chi connectivity index (χ2v) is 5.39. The number of carbonyl (C=O) groups excluding carboxylic acids is 1. The lowest BCUT2D eigenvalue weighted by molar-refractivity contribution is 0.0946. The third-order valence-electron chi connectivity index (χ3n) is 2.68. The van der Waals surface area contributed by atoms with Gasteiger partial charge in [0.2, 0.25) is 0 Å². The lowest BCUT2D eigenvalue weighted by Crippen LogP contribution is -2.23. The molecule has 1 amide bonds. The highest BCUT2D eigenvalue weighted by Gasteiger charge is 2.08. The second kappa shape index (κ2) is 7.53. The summed E-state index contributed by atoms with van der Waals surface area (Å²) in [6.45, 7) is 2.80. The van der Waals surface area contributed by atoms with Gasteiger partial charge in [-0.05, 0) is 18.6 Å². The number of thiazole rings is 1. The van der Waals surface area contributed by atoms with E-state index in [-0.39, 0.29) is 5.91 Å². The minimum Gasteiger partial charge on any atom is -0.344 e. The number of aryl methyl sites for hydroxylation is 1. The minimum absolute atomic E-state index is 0.221. The van der Waals surface area contributed by atoms with Crippen LogP contribution in [-0.4, -0.2) is 22.4 Å². The molecule has 0 saturated heterocycles. The van der Waals surface area contributed by atoms with Crippen LogP contribution in [0.5, 0.6) is 0 Å². The number of hydrogen-bond donors (Lipinski definition) is 2. The van der Waals surface area contributed by atoms with E-state index in [4.69, 9.17) is 5.73 Å². The molecule has 5 nitrogen and oxygen atoms in total. The summed E-state index contributed by atoms with van der Waals surface area (Å²) in [7, 11) is 0. The molecular weight excluding hydrogens is 284 g/mol. The van der Waals surface area contributed by atoms with Crippen molar-refractivity contribution in [3.8, 4) is 11.8 Å². The fraction of sp³-hybridized carbons (Fsp3) is 0.267. The van der Waals surface area contributed by atoms with Crippen molar-refractivity contribution >= 4 is 17.2 Å². The number of amides is 1. The number of pyridine rings is 1. The van der Waals surface area contributed by atoms with E-state index in [2.05, 4.69) is 34.0 Å². The summed E-state index contributed by atoms with van der Waals surface area (Å²) >= 11 is 1.61. The Bertz CT molecular complexity index is 667. The van der Waals surface area contributed by atoms with Gasteiger partial charge < -0.3 is 11.1 Å². The van der Waals surface area contributed by atoms with Crippen LogP contribution >= 0.6 is 11.3 Å². The van der Waals surface area contributed by atoms with Crippen LogP contribution < -0.4 is 11.1 Å². The lowest BCUT2D eigenvalue weighted by Gasteiger charge is -2.02. The van der Waals surface area contributed by atoms with Crippen LogP contribution in [0.15, 0.2) is 24.5 Å². The molecule has 2 aromatic rings. The van der Waals surface area contributed by atoms with Crippen molar-refractivity contribution in [2.45, 2.75) is 19.9 Å². The molecule has 0 aliphatic rings. The molecule has 0 fully saturated rings. The Kier molecular flexibility index (Phi) is 5.43. The van der Waals surface area contributed by atoms with E-state index in [1.54, 1.807) is 29.7 Å². The van der Waals surface area contributed by atoms with Gasteiger partial charge in [0.1, 0.15) is 10.7 Å². The van der Waals surface area contributed by atoms with Gasteiger partial charge in [0.15, 0.2) is 0 Å². The summed E-state index contributed by atoms with van der Waals surface area (Å²) in [5.41, 5.74) is 6.40. The minimum atomic E-state index is -0.221. The van der Waals surface area contributed by atoms with Crippen molar-refractivity contribution in [1.29, 1.82) is 0 Å². The van der Waals surface area contributed by atoms with E-state index >= 15 is 0 Å². The molecule has 0 aliphatic carbocycles. The third kappa shape index (κ3) is 4.38. The quantitative estimate of drug-likeness (QED) is 0.835. The number of nitrogens with one attached hydrogen (secondary N) is 1. The first-order valence-corrected chi connectivity index (χ1v) is 7.41. The van der Waals surface area contributed by atoms with Gasteiger partial charge in [-0.15, -0.1) is 11.3 Å². The van der Waals surface area contributed by atoms with Crippen molar-refractivity contribution in [2.75, 3.05) is 6.54 Å². The SMILES string of the molecule is CCc1cnc(CNC(=O)c2ccc(C#CCN)cn2)s1. The number of nitrogens with two attached hydrogens (primary N) is 1. The van der Waals surface area contributed by atoms with Crippen LogP contribution in [0.25, 0.3) is 0 Å². The van der Waals surface area contributed by atoms with Crippen molar-refractivity contribution in [3.05, 3.63) is 45.7 Å². The summed E-state index contributed by atoms with van der Waals surface area (Å²) in [4.78, 5) is 21.5. The van der Waals surface area contributed by atoms with Gasteiger partial charge in [-0.1, -0.05) is 18.8 Å². The molecule has 2 rings (SSSR count). The Hall–Kier alpha value is -2.23. The highest BCUT2D eigenvalue weighted by Crippen LogP contribution is 2.13. The van der Waals surface area contributed by atoms with Gasteiger partial charge in [0.25, 0.3) is 5.91 Å². The maximum absolute atomic E-state index is 12.0. The van der Waals surface area contributed by atoms with Gasteiger partial charge in [-0.3, -0.25) is 4.79 Å². The average Bonchev–Trinajstić information content (AvgIpc) is 2.99. The molecule has 0 bridgehead atoms. The smallest absolute Gasteiger partial charge is 0.270 e. The van der Waals surface area contributed by atoms with Crippen LogP contribution in [0, 0.1) is 11.8 Å². The van der Waals surface area contributed by atoms with Crippen LogP contribution in [0.1, 0.15) is 32.9 Å². The van der Waals surface area contributed by atoms with Crippen LogP contribution in [0.3, 0.4) is 0 Å². The number of hydrogen-bond acceptors (Lipinski definition) is 5. The molecule has 2 aromatic heterocycles. The molecule has 3 N–H and O–H groups in total. The lowest BCUT2D eigenvalue weighted by atomic mass is 10.2. The van der Waals surface area contributed by atoms with Gasteiger partial charge >= 0.3 is 0 Å². The molecular formula is C15H16N4OS. The second-order valence-electron chi connectivity index (χ2n) is 4.19. The van der Waals surface area contributed by atoms with Crippen molar-refractivity contribution in [1.82, 2.24) is 15.3 Å². The fourth-order valence-corrected chi connectivity index (χ4v) is 2.40. The molecule has 21 heavy (non-hydrogen) atoms. The third-order valence-corrected chi connectivity index (χ3v) is 3.82. The molecule has 0 aliphatic heterocycles. The Morgan fingerprint density at radius 1 is 1.38 bits per heavy atom. The van der Waals surface area contributed by atoms with E-state index in [1.807, 2.05) is 6.20 Å². The highest BCUT2D eigenvalue weighted by molar-refractivity contribution is 7.11. The summed E-state index contributed by atoms with van der Waals surface area (Å²) in [6.07, 6.45) is 4.37. The zero-order valence-corrected chi connectivity index (χ0v) is 12.5. The average molecular weight is 300 g/mol. The number of aromatic nitrogens is 2. The van der Waals surface area contributed by atoms with Gasteiger partial charge in [0, 0.05) is 22.8 Å². The summed E-state index contributed by atoms with van der Waals surface area (Å²) < 4.78 is 0. The van der Waals surface area contributed by atoms with Crippen molar-refractivity contribution < 1.29 is 4.79 Å². The predicted molar refractivity (Wildman–Crippen MR) is 82.8 cm³/mol. The highest BCUT2D eigenvalue weighted by atomic mass is 32.1. The monoisotopic (exact) mass is 300 g/mol. The standard InChI is InChI=1S/C15H16N4OS/c1-2-12-9-18-14(21-12)10-19-15(20)13-6-5-11(8-17-13)4-3-7-16/h5-6,8-9H,2,7,10,16H2,1H3,(H,19,20). The molecule has 6 heteroatoms. The van der Waals surface area contributed by atoms with E-state index in [9.17, 15) is 4.79 Å². The van der Waals surface area contributed by atoms with Crippen LogP contribution in [0.4, 0.5) is 0 Å². The Balaban J connectivity index is 1.93. The largest absolute Gasteiger partial charge is 0.344 e. The number of rotatable bonds is 4. The normalized spacial score (nSPS) is 9.81. The first-order chi connectivity index (χ1) is 10.2. The van der Waals surface area contributed by atoms with E-state index in [0.717, 1.165) is 17.0 Å². The molecule has 0 unspecified atom stereocenters. The summed E-state index contributed by atoms with van der Waals surface area (Å²) in [5.74, 6) is 5.38. The van der Waals surface area contributed by atoms with Gasteiger partial charge in [-0.25, -0.2) is 9.97 Å². The zero-order valence-electron chi connectivity index (χ0n) is 11.7. The zero-order chi connectivity index (χ0) is 15.1. The molecule has 0 aromatic carbocycles. The Labute approximate surface area is 127 Å². The predicted octanol–water partition coefficient (Wildman–Crippen LogP) is 1.34. The molecule has 0 spiro atoms. The first-order valence-electron chi connectivity index (χ1n) is 6.59. The Morgan fingerprint density at radius 3 is 2.86 bits per heavy atom. The molecule has 0 atom stereocenters. The molecule has 108 valence electrons. The Morgan fingerprint density at radius 2 is 2.24 bits per heavy atom. The topological polar surface area (TPSA) is 80.9 Å². The summed E-state index contributed by atoms with van der Waals surface area (Å²) in [5, 5.41) is 3.70. The van der Waals surface area contributed by atoms with Gasteiger partial charge in [-0.2, -0.15) is 0 Å². The van der Waals surface area contributed by atoms with Crippen molar-refractivity contribution in [3.63, 3.8) is 0 Å². The maximum Gasteiger partial charge on any atom is 0.270 e. The van der Waals surface area contributed by atoms with E-state index < -0.39 is 0 Å². The number of nitrogens with zero attached hydrogens (tertiary/aromatic N) is 2. The first kappa shape index (κ1) is 15.2. The fourth-order valence-electron chi connectivity index (χ4n) is 1.59.